The van der Waals surface area contributed by atoms with Gasteiger partial charge >= 0.3 is 12.3 Å². The summed E-state index contributed by atoms with van der Waals surface area (Å²) in [6.45, 7) is 0. The van der Waals surface area contributed by atoms with Gasteiger partial charge in [0.05, 0.1) is 12.7 Å². The predicted octanol–water partition coefficient (Wildman–Crippen LogP) is 3.02. The van der Waals surface area contributed by atoms with Gasteiger partial charge < -0.3 is 15.2 Å². The molecule has 0 atom stereocenters. The molecule has 0 amide bonds. The largest absolute Gasteiger partial charge is 0.573 e. The predicted molar refractivity (Wildman–Crippen MR) is 72.1 cm³/mol. The van der Waals surface area contributed by atoms with Gasteiger partial charge in [-0.05, 0) is 23.8 Å². The van der Waals surface area contributed by atoms with Crippen molar-refractivity contribution in [2.24, 2.45) is 0 Å². The summed E-state index contributed by atoms with van der Waals surface area (Å²) in [7, 11) is 1.19. The van der Waals surface area contributed by atoms with E-state index in [1.807, 2.05) is 0 Å². The van der Waals surface area contributed by atoms with Crippen molar-refractivity contribution >= 4 is 11.8 Å². The first kappa shape index (κ1) is 15.6. The van der Waals surface area contributed by atoms with E-state index < -0.39 is 18.1 Å². The lowest BCUT2D eigenvalue weighted by Crippen LogP contribution is -2.17. The van der Waals surface area contributed by atoms with Crippen LogP contribution in [0.4, 0.5) is 19.0 Å². The first-order chi connectivity index (χ1) is 10.3. The van der Waals surface area contributed by atoms with Crippen molar-refractivity contribution in [1.29, 1.82) is 0 Å². The average molecular weight is 312 g/mol. The van der Waals surface area contributed by atoms with Gasteiger partial charge in [0.25, 0.3) is 0 Å². The van der Waals surface area contributed by atoms with Crippen LogP contribution in [0.25, 0.3) is 11.1 Å². The summed E-state index contributed by atoms with van der Waals surface area (Å²) in [6, 6.07) is 6.47. The number of aromatic nitrogens is 1. The third kappa shape index (κ3) is 3.66. The minimum atomic E-state index is -4.80. The number of ether oxygens (including phenoxy) is 2. The molecule has 0 aliphatic rings. The number of hydrogen-bond acceptors (Lipinski definition) is 5. The monoisotopic (exact) mass is 312 g/mol. The van der Waals surface area contributed by atoms with Crippen LogP contribution in [0.5, 0.6) is 5.75 Å². The number of hydrogen-bond donors (Lipinski definition) is 1. The Labute approximate surface area is 123 Å². The lowest BCUT2D eigenvalue weighted by atomic mass is 10.0. The van der Waals surface area contributed by atoms with E-state index in [1.54, 1.807) is 0 Å². The van der Waals surface area contributed by atoms with Gasteiger partial charge in [-0.25, -0.2) is 9.78 Å². The zero-order valence-electron chi connectivity index (χ0n) is 11.3. The first-order valence-electron chi connectivity index (χ1n) is 6.00. The fourth-order valence-corrected chi connectivity index (χ4v) is 1.84. The van der Waals surface area contributed by atoms with Crippen molar-refractivity contribution in [2.75, 3.05) is 12.8 Å². The minimum Gasteiger partial charge on any atom is -0.465 e. The number of benzene rings is 1. The van der Waals surface area contributed by atoms with E-state index in [9.17, 15) is 18.0 Å². The summed E-state index contributed by atoms with van der Waals surface area (Å²) < 4.78 is 45.3. The van der Waals surface area contributed by atoms with E-state index in [4.69, 9.17) is 5.73 Å². The van der Waals surface area contributed by atoms with Gasteiger partial charge in [0.2, 0.25) is 0 Å². The number of alkyl halides is 3. The fourth-order valence-electron chi connectivity index (χ4n) is 1.84. The summed E-state index contributed by atoms with van der Waals surface area (Å²) in [5.74, 6) is -0.990. The van der Waals surface area contributed by atoms with Crippen molar-refractivity contribution in [2.45, 2.75) is 6.36 Å². The lowest BCUT2D eigenvalue weighted by molar-refractivity contribution is -0.274. The van der Waals surface area contributed by atoms with Gasteiger partial charge in [-0.1, -0.05) is 12.1 Å². The second-order valence-corrected chi connectivity index (χ2v) is 4.22. The molecular formula is C14H11F3N2O3. The van der Waals surface area contributed by atoms with Gasteiger partial charge in [-0.2, -0.15) is 0 Å². The third-order valence-corrected chi connectivity index (χ3v) is 2.71. The summed E-state index contributed by atoms with van der Waals surface area (Å²) >= 11 is 0. The van der Waals surface area contributed by atoms with Crippen LogP contribution in [0, 0.1) is 0 Å². The summed E-state index contributed by atoms with van der Waals surface area (Å²) in [4.78, 5) is 15.6. The number of esters is 1. The van der Waals surface area contributed by atoms with Crippen molar-refractivity contribution in [3.8, 4) is 16.9 Å². The second kappa shape index (κ2) is 5.92. The van der Waals surface area contributed by atoms with Gasteiger partial charge in [-0.15, -0.1) is 13.2 Å². The molecule has 2 rings (SSSR count). The summed E-state index contributed by atoms with van der Waals surface area (Å²) in [6.07, 6.45) is -3.52. The molecule has 2 N–H and O–H groups in total. The normalized spacial score (nSPS) is 11.1. The smallest absolute Gasteiger partial charge is 0.465 e. The molecule has 5 nitrogen and oxygen atoms in total. The van der Waals surface area contributed by atoms with Crippen LogP contribution < -0.4 is 10.5 Å². The van der Waals surface area contributed by atoms with Crippen molar-refractivity contribution in [3.05, 3.63) is 42.1 Å². The second-order valence-electron chi connectivity index (χ2n) is 4.22. The van der Waals surface area contributed by atoms with E-state index in [0.29, 0.717) is 5.56 Å². The van der Waals surface area contributed by atoms with Crippen LogP contribution in [0.1, 0.15) is 10.4 Å². The number of carbonyl (C=O) groups is 1. The highest BCUT2D eigenvalue weighted by Crippen LogP contribution is 2.30. The molecule has 1 aromatic carbocycles. The first-order valence-corrected chi connectivity index (χ1v) is 6.00. The van der Waals surface area contributed by atoms with E-state index in [-0.39, 0.29) is 16.9 Å². The molecule has 0 saturated heterocycles. The van der Waals surface area contributed by atoms with Crippen LogP contribution in [0.3, 0.4) is 0 Å². The van der Waals surface area contributed by atoms with E-state index in [2.05, 4.69) is 14.5 Å². The van der Waals surface area contributed by atoms with E-state index >= 15 is 0 Å². The fraction of sp³-hybridized carbons (Fsp3) is 0.143. The third-order valence-electron chi connectivity index (χ3n) is 2.71. The quantitative estimate of drug-likeness (QED) is 0.882. The molecule has 0 aliphatic heterocycles. The van der Waals surface area contributed by atoms with Crippen LogP contribution in [-0.2, 0) is 4.74 Å². The Morgan fingerprint density at radius 1 is 1.27 bits per heavy atom. The highest BCUT2D eigenvalue weighted by atomic mass is 19.4. The van der Waals surface area contributed by atoms with Gasteiger partial charge in [0.15, 0.2) is 0 Å². The SMILES string of the molecule is COC(=O)c1cc(N)ncc1-c1cccc(OC(F)(F)F)c1. The Hall–Kier alpha value is -2.77. The molecule has 1 aromatic heterocycles. The standard InChI is InChI=1S/C14H11F3N2O3/c1-21-13(20)10-6-12(18)19-7-11(10)8-3-2-4-9(5-8)22-14(15,16)17/h2-7H,1H3,(H2,18,19). The number of anilines is 1. The van der Waals surface area contributed by atoms with Crippen LogP contribution in [0.15, 0.2) is 36.5 Å². The highest BCUT2D eigenvalue weighted by Gasteiger charge is 2.31. The molecule has 0 aliphatic carbocycles. The zero-order valence-corrected chi connectivity index (χ0v) is 11.3. The highest BCUT2D eigenvalue weighted by molar-refractivity contribution is 5.97. The van der Waals surface area contributed by atoms with E-state index in [0.717, 1.165) is 12.1 Å². The number of rotatable bonds is 3. The number of halogens is 3. The number of methoxy groups -OCH3 is 1. The maximum Gasteiger partial charge on any atom is 0.573 e. The Morgan fingerprint density at radius 3 is 2.64 bits per heavy atom. The summed E-state index contributed by atoms with van der Waals surface area (Å²) in [5, 5.41) is 0. The minimum absolute atomic E-state index is 0.0897. The number of pyridine rings is 1. The molecule has 0 unspecified atom stereocenters. The number of nitrogens with two attached hydrogens (primary N) is 1. The maximum atomic E-state index is 12.3. The van der Waals surface area contributed by atoms with Crippen molar-refractivity contribution in [3.63, 3.8) is 0 Å². The Morgan fingerprint density at radius 2 is 2.00 bits per heavy atom. The number of nitrogens with zero attached hydrogens (tertiary/aromatic N) is 1. The van der Waals surface area contributed by atoms with Crippen molar-refractivity contribution < 1.29 is 27.4 Å². The maximum absolute atomic E-state index is 12.3. The Balaban J connectivity index is 2.48. The van der Waals surface area contributed by atoms with Crippen LogP contribution in [0.2, 0.25) is 0 Å². The molecule has 2 aromatic rings. The molecular weight excluding hydrogens is 301 g/mol. The topological polar surface area (TPSA) is 74.4 Å². The molecule has 8 heteroatoms. The summed E-state index contributed by atoms with van der Waals surface area (Å²) in [5.41, 5.74) is 6.22. The van der Waals surface area contributed by atoms with Crippen LogP contribution >= 0.6 is 0 Å². The Kier molecular flexibility index (Phi) is 4.20. The van der Waals surface area contributed by atoms with Gasteiger partial charge in [0.1, 0.15) is 11.6 Å². The lowest BCUT2D eigenvalue weighted by Gasteiger charge is -2.12. The number of carbonyl (C=O) groups excluding carboxylic acids is 1. The van der Waals surface area contributed by atoms with Crippen molar-refractivity contribution in [1.82, 2.24) is 4.98 Å². The molecule has 1 heterocycles. The van der Waals surface area contributed by atoms with Gasteiger partial charge in [0, 0.05) is 11.8 Å². The Bertz CT molecular complexity index is 702. The molecule has 0 fully saturated rings. The molecule has 0 spiro atoms. The molecule has 0 radical (unpaired) electrons. The molecule has 22 heavy (non-hydrogen) atoms. The van der Waals surface area contributed by atoms with Crippen LogP contribution in [-0.4, -0.2) is 24.4 Å². The van der Waals surface area contributed by atoms with E-state index in [1.165, 1.54) is 31.5 Å². The molecule has 0 bridgehead atoms. The average Bonchev–Trinajstić information content (AvgIpc) is 2.44. The molecule has 116 valence electrons. The number of nitrogen functional groups attached to an aromatic ring is 1. The molecule has 0 saturated carbocycles. The zero-order chi connectivity index (χ0) is 16.3. The van der Waals surface area contributed by atoms with Gasteiger partial charge in [-0.3, -0.25) is 0 Å².